The molecule has 0 atom stereocenters. The Morgan fingerprint density at radius 1 is 1.28 bits per heavy atom. The molecule has 0 spiro atoms. The van der Waals surface area contributed by atoms with Gasteiger partial charge in [0.05, 0.1) is 31.1 Å². The van der Waals surface area contributed by atoms with E-state index < -0.39 is 11.7 Å². The summed E-state index contributed by atoms with van der Waals surface area (Å²) in [5.41, 5.74) is 0.886. The maximum Gasteiger partial charge on any atom is 0.299 e. The van der Waals surface area contributed by atoms with Gasteiger partial charge in [0.2, 0.25) is 0 Å². The summed E-state index contributed by atoms with van der Waals surface area (Å²) < 4.78 is 5.09. The minimum Gasteiger partial charge on any atom is -0.394 e. The Labute approximate surface area is 109 Å². The largest absolute Gasteiger partial charge is 0.394 e. The zero-order valence-electron chi connectivity index (χ0n) is 9.56. The second-order valence-electron chi connectivity index (χ2n) is 3.78. The number of carbonyl (C=O) groups excluding carboxylic acids is 2. The van der Waals surface area contributed by atoms with Gasteiger partial charge in [-0.25, -0.2) is 0 Å². The quantitative estimate of drug-likeness (QED) is 0.636. The third-order valence-corrected chi connectivity index (χ3v) is 2.86. The Morgan fingerprint density at radius 3 is 2.78 bits per heavy atom. The van der Waals surface area contributed by atoms with Crippen molar-refractivity contribution in [1.82, 2.24) is 0 Å². The summed E-state index contributed by atoms with van der Waals surface area (Å²) in [5.74, 6) is -1.12. The van der Waals surface area contributed by atoms with Gasteiger partial charge in [-0.1, -0.05) is 11.6 Å². The van der Waals surface area contributed by atoms with Crippen LogP contribution in [0.5, 0.6) is 0 Å². The van der Waals surface area contributed by atoms with Crippen molar-refractivity contribution in [2.24, 2.45) is 0 Å². The van der Waals surface area contributed by atoms with Gasteiger partial charge in [-0.05, 0) is 18.2 Å². The average Bonchev–Trinajstić information content (AvgIpc) is 2.59. The fraction of sp³-hybridized carbons (Fsp3) is 0.333. The van der Waals surface area contributed by atoms with Gasteiger partial charge in [0.15, 0.2) is 0 Å². The zero-order valence-corrected chi connectivity index (χ0v) is 10.3. The van der Waals surface area contributed by atoms with Gasteiger partial charge in [0.25, 0.3) is 11.7 Å². The van der Waals surface area contributed by atoms with E-state index in [2.05, 4.69) is 0 Å². The number of halogens is 1. The van der Waals surface area contributed by atoms with Gasteiger partial charge < -0.3 is 14.7 Å². The van der Waals surface area contributed by atoms with Crippen LogP contribution in [0, 0.1) is 0 Å². The monoisotopic (exact) mass is 269 g/mol. The molecular formula is C12H12ClNO4. The van der Waals surface area contributed by atoms with Crippen molar-refractivity contribution in [2.45, 2.75) is 0 Å². The van der Waals surface area contributed by atoms with Crippen LogP contribution in [0.4, 0.5) is 5.69 Å². The number of aliphatic hydroxyl groups is 1. The molecule has 1 aliphatic heterocycles. The van der Waals surface area contributed by atoms with E-state index in [1.54, 1.807) is 12.1 Å². The lowest BCUT2D eigenvalue weighted by Gasteiger charge is -2.16. The number of fused-ring (bicyclic) bond motifs is 1. The molecule has 0 radical (unpaired) electrons. The van der Waals surface area contributed by atoms with E-state index in [0.717, 1.165) is 0 Å². The van der Waals surface area contributed by atoms with Crippen molar-refractivity contribution in [3.63, 3.8) is 0 Å². The number of rotatable bonds is 5. The highest BCUT2D eigenvalue weighted by Gasteiger charge is 2.35. The molecule has 0 saturated heterocycles. The van der Waals surface area contributed by atoms with Crippen LogP contribution >= 0.6 is 11.6 Å². The van der Waals surface area contributed by atoms with E-state index in [1.165, 1.54) is 11.0 Å². The maximum absolute atomic E-state index is 11.8. The summed E-state index contributed by atoms with van der Waals surface area (Å²) in [6.07, 6.45) is 0. The van der Waals surface area contributed by atoms with E-state index in [9.17, 15) is 9.59 Å². The normalized spacial score (nSPS) is 14.2. The van der Waals surface area contributed by atoms with Crippen LogP contribution in [0.3, 0.4) is 0 Å². The minimum atomic E-state index is -0.570. The summed E-state index contributed by atoms with van der Waals surface area (Å²) in [6.45, 7) is 0.684. The van der Waals surface area contributed by atoms with E-state index >= 15 is 0 Å². The van der Waals surface area contributed by atoms with Crippen molar-refractivity contribution >= 4 is 29.0 Å². The van der Waals surface area contributed by atoms with Gasteiger partial charge in [-0.3, -0.25) is 9.59 Å². The van der Waals surface area contributed by atoms with Gasteiger partial charge in [0.1, 0.15) is 0 Å². The fourth-order valence-electron chi connectivity index (χ4n) is 1.82. The Hall–Kier alpha value is -1.43. The molecule has 0 saturated carbocycles. The molecule has 0 fully saturated rings. The lowest BCUT2D eigenvalue weighted by atomic mass is 10.1. The molecule has 1 aliphatic rings. The molecule has 1 amide bonds. The predicted octanol–water partition coefficient (Wildman–Crippen LogP) is 0.878. The Bertz CT molecular complexity index is 489. The maximum atomic E-state index is 11.8. The van der Waals surface area contributed by atoms with Gasteiger partial charge in [-0.2, -0.15) is 0 Å². The molecule has 0 aliphatic carbocycles. The number of ketones is 1. The lowest BCUT2D eigenvalue weighted by Crippen LogP contribution is -2.33. The molecule has 2 rings (SSSR count). The number of Topliss-reactive ketones (excluding diaryl/α,β-unsaturated/α-hetero) is 1. The Kier molecular flexibility index (Phi) is 3.96. The Balaban J connectivity index is 2.13. The number of hydrogen-bond acceptors (Lipinski definition) is 4. The third-order valence-electron chi connectivity index (χ3n) is 2.63. The van der Waals surface area contributed by atoms with Crippen molar-refractivity contribution in [3.8, 4) is 0 Å². The molecule has 0 unspecified atom stereocenters. The van der Waals surface area contributed by atoms with Crippen molar-refractivity contribution in [1.29, 1.82) is 0 Å². The van der Waals surface area contributed by atoms with Crippen LogP contribution in [-0.2, 0) is 9.53 Å². The highest BCUT2D eigenvalue weighted by atomic mass is 35.5. The predicted molar refractivity (Wildman–Crippen MR) is 66.0 cm³/mol. The van der Waals surface area contributed by atoms with Crippen LogP contribution in [0.25, 0.3) is 0 Å². The van der Waals surface area contributed by atoms with E-state index in [0.29, 0.717) is 16.3 Å². The number of aliphatic hydroxyl groups excluding tert-OH is 1. The van der Waals surface area contributed by atoms with Crippen LogP contribution < -0.4 is 4.90 Å². The van der Waals surface area contributed by atoms with Crippen LogP contribution in [0.15, 0.2) is 18.2 Å². The fourth-order valence-corrected chi connectivity index (χ4v) is 1.99. The van der Waals surface area contributed by atoms with Crippen molar-refractivity contribution in [2.75, 3.05) is 31.3 Å². The second-order valence-corrected chi connectivity index (χ2v) is 4.22. The number of ether oxygens (including phenoxy) is 1. The Morgan fingerprint density at radius 2 is 2.06 bits per heavy atom. The number of carbonyl (C=O) groups is 2. The van der Waals surface area contributed by atoms with E-state index in [1.807, 2.05) is 0 Å². The molecule has 0 aromatic heterocycles. The van der Waals surface area contributed by atoms with Crippen LogP contribution in [0.1, 0.15) is 10.4 Å². The smallest absolute Gasteiger partial charge is 0.299 e. The molecular weight excluding hydrogens is 258 g/mol. The SMILES string of the molecule is O=C1C(=O)N(CCOCCO)c2ccc(Cl)cc21. The first-order valence-electron chi connectivity index (χ1n) is 5.49. The first-order valence-corrected chi connectivity index (χ1v) is 5.87. The molecule has 6 heteroatoms. The molecule has 1 aromatic carbocycles. The summed E-state index contributed by atoms with van der Waals surface area (Å²) in [5, 5.41) is 8.99. The minimum absolute atomic E-state index is 0.0704. The van der Waals surface area contributed by atoms with E-state index in [-0.39, 0.29) is 26.4 Å². The lowest BCUT2D eigenvalue weighted by molar-refractivity contribution is -0.114. The molecule has 1 aromatic rings. The third kappa shape index (κ3) is 2.38. The van der Waals surface area contributed by atoms with Gasteiger partial charge in [0, 0.05) is 11.6 Å². The number of amides is 1. The van der Waals surface area contributed by atoms with E-state index in [4.69, 9.17) is 21.4 Å². The number of hydrogen-bond donors (Lipinski definition) is 1. The van der Waals surface area contributed by atoms with Crippen LogP contribution in [0.2, 0.25) is 5.02 Å². The van der Waals surface area contributed by atoms with Crippen LogP contribution in [-0.4, -0.2) is 43.2 Å². The molecule has 1 N–H and O–H groups in total. The molecule has 1 heterocycles. The summed E-state index contributed by atoms with van der Waals surface area (Å²) in [4.78, 5) is 24.8. The highest BCUT2D eigenvalue weighted by molar-refractivity contribution is 6.52. The van der Waals surface area contributed by atoms with Crippen molar-refractivity contribution < 1.29 is 19.4 Å². The number of anilines is 1. The standard InChI is InChI=1S/C12H12ClNO4/c13-8-1-2-10-9(7-8)11(16)12(17)14(10)3-5-18-6-4-15/h1-2,7,15H,3-6H2. The second kappa shape index (κ2) is 5.48. The molecule has 18 heavy (non-hydrogen) atoms. The first kappa shape index (κ1) is 13.0. The zero-order chi connectivity index (χ0) is 13.1. The van der Waals surface area contributed by atoms with Gasteiger partial charge in [-0.15, -0.1) is 0 Å². The number of nitrogens with zero attached hydrogens (tertiary/aromatic N) is 1. The molecule has 0 bridgehead atoms. The topological polar surface area (TPSA) is 66.8 Å². The number of benzene rings is 1. The molecule has 96 valence electrons. The summed E-state index contributed by atoms with van der Waals surface area (Å²) in [6, 6.07) is 4.77. The summed E-state index contributed by atoms with van der Waals surface area (Å²) in [7, 11) is 0. The molecule has 5 nitrogen and oxygen atoms in total. The highest BCUT2D eigenvalue weighted by Crippen LogP contribution is 2.30. The average molecular weight is 270 g/mol. The summed E-state index contributed by atoms with van der Waals surface area (Å²) >= 11 is 5.80. The van der Waals surface area contributed by atoms with Crippen molar-refractivity contribution in [3.05, 3.63) is 28.8 Å². The first-order chi connectivity index (χ1) is 8.65. The van der Waals surface area contributed by atoms with Gasteiger partial charge >= 0.3 is 0 Å².